The van der Waals surface area contributed by atoms with Crippen molar-refractivity contribution in [3.63, 3.8) is 0 Å². The summed E-state index contributed by atoms with van der Waals surface area (Å²) in [6.45, 7) is 0.612. The zero-order valence-electron chi connectivity index (χ0n) is 16.8. The topological polar surface area (TPSA) is 57.2 Å². The molecule has 2 aromatic rings. The number of ether oxygens (including phenoxy) is 4. The first kappa shape index (κ1) is 20.2. The van der Waals surface area contributed by atoms with Gasteiger partial charge in [-0.05, 0) is 41.8 Å². The molecule has 0 radical (unpaired) electrons. The number of hydrogen-bond donors (Lipinski definition) is 0. The quantitative estimate of drug-likeness (QED) is 0.684. The third-order valence-corrected chi connectivity index (χ3v) is 5.23. The third-order valence-electron chi connectivity index (χ3n) is 5.23. The number of hydrogen-bond acceptors (Lipinski definition) is 5. The van der Waals surface area contributed by atoms with Crippen LogP contribution < -0.4 is 9.47 Å². The molecule has 1 heterocycles. The highest BCUT2D eigenvalue weighted by molar-refractivity contribution is 5.94. The Morgan fingerprint density at radius 3 is 2.29 bits per heavy atom. The zero-order valence-corrected chi connectivity index (χ0v) is 16.8. The molecule has 0 spiro atoms. The van der Waals surface area contributed by atoms with E-state index in [2.05, 4.69) is 0 Å². The minimum absolute atomic E-state index is 0.00279. The molecule has 2 aromatic carbocycles. The molecule has 0 N–H and O–H groups in total. The fourth-order valence-corrected chi connectivity index (χ4v) is 3.74. The molecule has 0 bridgehead atoms. The van der Waals surface area contributed by atoms with Crippen LogP contribution in [0.25, 0.3) is 0 Å². The van der Waals surface area contributed by atoms with Gasteiger partial charge in [-0.2, -0.15) is 0 Å². The van der Waals surface area contributed by atoms with E-state index in [1.807, 2.05) is 47.4 Å². The summed E-state index contributed by atoms with van der Waals surface area (Å²) in [6.07, 6.45) is 0.846. The van der Waals surface area contributed by atoms with Gasteiger partial charge in [-0.25, -0.2) is 0 Å². The van der Waals surface area contributed by atoms with Crippen LogP contribution in [0, 0.1) is 0 Å². The van der Waals surface area contributed by atoms with Gasteiger partial charge in [-0.15, -0.1) is 0 Å². The summed E-state index contributed by atoms with van der Waals surface area (Å²) in [5.74, 6) is 1.33. The van der Waals surface area contributed by atoms with Crippen molar-refractivity contribution in [3.8, 4) is 11.5 Å². The van der Waals surface area contributed by atoms with Crippen molar-refractivity contribution < 1.29 is 23.7 Å². The maximum absolute atomic E-state index is 13.2. The first-order valence-corrected chi connectivity index (χ1v) is 9.29. The minimum Gasteiger partial charge on any atom is -0.493 e. The van der Waals surface area contributed by atoms with Crippen LogP contribution in [0.1, 0.15) is 33.9 Å². The number of nitrogens with zero attached hydrogens (tertiary/aromatic N) is 1. The van der Waals surface area contributed by atoms with Crippen LogP contribution in [0.3, 0.4) is 0 Å². The average molecular weight is 385 g/mol. The Hall–Kier alpha value is -2.57. The number of carbonyl (C=O) groups is 1. The molecule has 3 rings (SSSR count). The van der Waals surface area contributed by atoms with E-state index in [4.69, 9.17) is 18.9 Å². The Kier molecular flexibility index (Phi) is 6.54. The van der Waals surface area contributed by atoms with Crippen LogP contribution in [0.15, 0.2) is 42.5 Å². The largest absolute Gasteiger partial charge is 0.493 e. The van der Waals surface area contributed by atoms with Crippen LogP contribution >= 0.6 is 0 Å². The maximum atomic E-state index is 13.2. The van der Waals surface area contributed by atoms with Crippen LogP contribution in [-0.2, 0) is 15.9 Å². The summed E-state index contributed by atoms with van der Waals surface area (Å²) in [4.78, 5) is 15.1. The minimum atomic E-state index is -0.421. The average Bonchev–Trinajstić information content (AvgIpc) is 2.76. The van der Waals surface area contributed by atoms with Gasteiger partial charge < -0.3 is 23.8 Å². The summed E-state index contributed by atoms with van der Waals surface area (Å²) in [5.41, 5.74) is 2.85. The Morgan fingerprint density at radius 2 is 1.68 bits per heavy atom. The number of benzene rings is 2. The van der Waals surface area contributed by atoms with Crippen molar-refractivity contribution in [2.24, 2.45) is 0 Å². The van der Waals surface area contributed by atoms with Crippen molar-refractivity contribution in [1.29, 1.82) is 0 Å². The van der Waals surface area contributed by atoms with E-state index in [9.17, 15) is 4.79 Å². The molecule has 28 heavy (non-hydrogen) atoms. The molecule has 0 aliphatic carbocycles. The maximum Gasteiger partial charge on any atom is 0.254 e. The van der Waals surface area contributed by atoms with Gasteiger partial charge in [0.15, 0.2) is 17.8 Å². The van der Waals surface area contributed by atoms with Crippen LogP contribution in [-0.4, -0.2) is 52.1 Å². The molecule has 0 saturated carbocycles. The zero-order chi connectivity index (χ0) is 20.1. The van der Waals surface area contributed by atoms with Gasteiger partial charge in [0.1, 0.15) is 0 Å². The molecule has 1 aliphatic rings. The van der Waals surface area contributed by atoms with E-state index in [0.29, 0.717) is 30.0 Å². The van der Waals surface area contributed by atoms with Gasteiger partial charge in [-0.3, -0.25) is 4.79 Å². The Balaban J connectivity index is 2.03. The number of carbonyl (C=O) groups excluding carboxylic acids is 1. The van der Waals surface area contributed by atoms with E-state index in [1.54, 1.807) is 28.4 Å². The molecule has 150 valence electrons. The van der Waals surface area contributed by atoms with Gasteiger partial charge in [0, 0.05) is 32.7 Å². The van der Waals surface area contributed by atoms with Gasteiger partial charge in [0.2, 0.25) is 0 Å². The predicted molar refractivity (Wildman–Crippen MR) is 106 cm³/mol. The normalized spacial score (nSPS) is 16.0. The number of rotatable bonds is 7. The van der Waals surface area contributed by atoms with Gasteiger partial charge in [0.25, 0.3) is 5.91 Å². The van der Waals surface area contributed by atoms with Crippen LogP contribution in [0.5, 0.6) is 11.5 Å². The van der Waals surface area contributed by atoms with Crippen molar-refractivity contribution in [2.45, 2.75) is 25.2 Å². The summed E-state index contributed by atoms with van der Waals surface area (Å²) in [6, 6.07) is 13.1. The SMILES string of the molecule is COc1cc2c(cc1OC)C(CC(OC)OC)N(C(=O)c1ccccc1)CC2. The van der Waals surface area contributed by atoms with E-state index in [-0.39, 0.29) is 11.9 Å². The first-order valence-electron chi connectivity index (χ1n) is 9.29. The predicted octanol–water partition coefficient (Wildman–Crippen LogP) is 3.45. The van der Waals surface area contributed by atoms with E-state index >= 15 is 0 Å². The van der Waals surface area contributed by atoms with Gasteiger partial charge in [-0.1, -0.05) is 18.2 Å². The first-order chi connectivity index (χ1) is 13.6. The Morgan fingerprint density at radius 1 is 1.04 bits per heavy atom. The summed E-state index contributed by atoms with van der Waals surface area (Å²) >= 11 is 0. The van der Waals surface area contributed by atoms with Crippen LogP contribution in [0.4, 0.5) is 0 Å². The van der Waals surface area contributed by atoms with Crippen molar-refractivity contribution >= 4 is 5.91 Å². The molecule has 1 unspecified atom stereocenters. The molecule has 1 atom stereocenters. The second kappa shape index (κ2) is 9.08. The van der Waals surface area contributed by atoms with Crippen molar-refractivity contribution in [1.82, 2.24) is 4.90 Å². The molecular formula is C22H27NO5. The van der Waals surface area contributed by atoms with E-state index < -0.39 is 6.29 Å². The lowest BCUT2D eigenvalue weighted by Gasteiger charge is -2.39. The van der Waals surface area contributed by atoms with E-state index in [1.165, 1.54) is 0 Å². The third kappa shape index (κ3) is 3.98. The molecule has 1 amide bonds. The lowest BCUT2D eigenvalue weighted by atomic mass is 9.89. The smallest absolute Gasteiger partial charge is 0.254 e. The summed E-state index contributed by atoms with van der Waals surface area (Å²) in [7, 11) is 6.45. The molecule has 0 fully saturated rings. The lowest BCUT2D eigenvalue weighted by Crippen LogP contribution is -2.41. The Labute approximate surface area is 166 Å². The van der Waals surface area contributed by atoms with Crippen LogP contribution in [0.2, 0.25) is 0 Å². The highest BCUT2D eigenvalue weighted by Gasteiger charge is 2.34. The summed E-state index contributed by atoms with van der Waals surface area (Å²) < 4.78 is 21.8. The fraction of sp³-hybridized carbons (Fsp3) is 0.409. The summed E-state index contributed by atoms with van der Waals surface area (Å²) in [5, 5.41) is 0. The standard InChI is InChI=1S/C22H27NO5/c1-25-19-12-16-10-11-23(22(24)15-8-6-5-7-9-15)18(14-21(27-3)28-4)17(16)13-20(19)26-2/h5-9,12-13,18,21H,10-11,14H2,1-4H3. The molecule has 1 aliphatic heterocycles. The molecular weight excluding hydrogens is 358 g/mol. The van der Waals surface area contributed by atoms with Crippen molar-refractivity contribution in [2.75, 3.05) is 35.0 Å². The number of methoxy groups -OCH3 is 4. The second-order valence-corrected chi connectivity index (χ2v) is 6.67. The molecule has 0 aromatic heterocycles. The van der Waals surface area contributed by atoms with Gasteiger partial charge in [0.05, 0.1) is 20.3 Å². The highest BCUT2D eigenvalue weighted by atomic mass is 16.7. The van der Waals surface area contributed by atoms with Crippen molar-refractivity contribution in [3.05, 3.63) is 59.2 Å². The molecule has 6 nitrogen and oxygen atoms in total. The Bertz CT molecular complexity index is 804. The number of fused-ring (bicyclic) bond motifs is 1. The lowest BCUT2D eigenvalue weighted by molar-refractivity contribution is -0.116. The molecule has 6 heteroatoms. The fourth-order valence-electron chi connectivity index (χ4n) is 3.74. The molecule has 0 saturated heterocycles. The monoisotopic (exact) mass is 385 g/mol. The van der Waals surface area contributed by atoms with Gasteiger partial charge >= 0.3 is 0 Å². The highest BCUT2D eigenvalue weighted by Crippen LogP contribution is 2.40. The van der Waals surface area contributed by atoms with E-state index in [0.717, 1.165) is 17.5 Å². The number of amides is 1. The second-order valence-electron chi connectivity index (χ2n) is 6.67.